The molecule has 11 heteroatoms. The molecule has 1 aliphatic rings. The maximum atomic E-state index is 12.5. The van der Waals surface area contributed by atoms with Gasteiger partial charge in [0.15, 0.2) is 11.5 Å². The molecule has 0 spiro atoms. The summed E-state index contributed by atoms with van der Waals surface area (Å²) in [4.78, 5) is 41.7. The van der Waals surface area contributed by atoms with Crippen molar-refractivity contribution in [1.82, 2.24) is 14.6 Å². The van der Waals surface area contributed by atoms with Gasteiger partial charge in [-0.15, -0.1) is 0 Å². The first kappa shape index (κ1) is 20.6. The molecule has 0 atom stereocenters. The topological polar surface area (TPSA) is 121 Å². The first-order valence-corrected chi connectivity index (χ1v) is 10.6. The van der Waals surface area contributed by atoms with Crippen LogP contribution in [0.3, 0.4) is 0 Å². The van der Waals surface area contributed by atoms with Crippen LogP contribution < -0.4 is 20.3 Å². The minimum absolute atomic E-state index is 0.130. The van der Waals surface area contributed by atoms with Crippen LogP contribution in [0.1, 0.15) is 31.4 Å². The maximum absolute atomic E-state index is 12.5. The molecular formula is C22H16N4O6S. The molecule has 2 aromatic heterocycles. The van der Waals surface area contributed by atoms with Gasteiger partial charge in [-0.2, -0.15) is 9.61 Å². The standard InChI is InChI=1S/C22H16N4O6S/c1-12-25-26-19(27)9-16(24-22(26)33-12)10-30-21(29)13-2-5-15(6-3-13)23-20(28)14-4-7-17-18(8-14)32-11-31-17/h2-9H,10-11H2,1H3,(H,23,28). The molecule has 3 heterocycles. The Balaban J connectivity index is 1.21. The lowest BCUT2D eigenvalue weighted by atomic mass is 10.1. The van der Waals surface area contributed by atoms with Crippen LogP contribution in [0.5, 0.6) is 11.5 Å². The summed E-state index contributed by atoms with van der Waals surface area (Å²) in [6.07, 6.45) is 0. The zero-order valence-electron chi connectivity index (χ0n) is 17.2. The van der Waals surface area contributed by atoms with E-state index >= 15 is 0 Å². The number of anilines is 1. The van der Waals surface area contributed by atoms with E-state index in [0.29, 0.717) is 44.0 Å². The summed E-state index contributed by atoms with van der Waals surface area (Å²) in [5.41, 5.74) is 1.22. The van der Waals surface area contributed by atoms with E-state index in [4.69, 9.17) is 14.2 Å². The molecule has 10 nitrogen and oxygen atoms in total. The number of aryl methyl sites for hydroxylation is 1. The maximum Gasteiger partial charge on any atom is 0.338 e. The third-order valence-corrected chi connectivity index (χ3v) is 5.59. The van der Waals surface area contributed by atoms with Gasteiger partial charge in [0.25, 0.3) is 11.5 Å². The van der Waals surface area contributed by atoms with Gasteiger partial charge in [0.2, 0.25) is 11.8 Å². The summed E-state index contributed by atoms with van der Waals surface area (Å²) in [6, 6.07) is 12.5. The highest BCUT2D eigenvalue weighted by Crippen LogP contribution is 2.32. The largest absolute Gasteiger partial charge is 0.456 e. The van der Waals surface area contributed by atoms with Crippen molar-refractivity contribution in [2.45, 2.75) is 13.5 Å². The molecule has 0 radical (unpaired) electrons. The van der Waals surface area contributed by atoms with Gasteiger partial charge in [-0.1, -0.05) is 11.3 Å². The van der Waals surface area contributed by atoms with Gasteiger partial charge < -0.3 is 19.5 Å². The van der Waals surface area contributed by atoms with Crippen molar-refractivity contribution in [2.75, 3.05) is 12.1 Å². The summed E-state index contributed by atoms with van der Waals surface area (Å²) in [5.74, 6) is 0.209. The molecular weight excluding hydrogens is 448 g/mol. The van der Waals surface area contributed by atoms with E-state index in [9.17, 15) is 14.4 Å². The lowest BCUT2D eigenvalue weighted by molar-refractivity contribution is 0.0467. The Morgan fingerprint density at radius 1 is 1.09 bits per heavy atom. The second-order valence-corrected chi connectivity index (χ2v) is 8.24. The number of amides is 1. The summed E-state index contributed by atoms with van der Waals surface area (Å²) in [5, 5.41) is 7.54. The molecule has 166 valence electrons. The summed E-state index contributed by atoms with van der Waals surface area (Å²) >= 11 is 1.27. The van der Waals surface area contributed by atoms with Gasteiger partial charge >= 0.3 is 5.97 Å². The van der Waals surface area contributed by atoms with Crippen molar-refractivity contribution in [2.24, 2.45) is 0 Å². The molecule has 4 aromatic rings. The second-order valence-electron chi connectivity index (χ2n) is 7.08. The number of aromatic nitrogens is 3. The van der Waals surface area contributed by atoms with Gasteiger partial charge in [0.1, 0.15) is 11.6 Å². The Morgan fingerprint density at radius 2 is 1.85 bits per heavy atom. The molecule has 5 rings (SSSR count). The number of esters is 1. The number of hydrogen-bond acceptors (Lipinski definition) is 9. The average Bonchev–Trinajstić information content (AvgIpc) is 3.43. The van der Waals surface area contributed by atoms with E-state index in [1.54, 1.807) is 37.3 Å². The molecule has 2 aromatic carbocycles. The van der Waals surface area contributed by atoms with Crippen molar-refractivity contribution < 1.29 is 23.8 Å². The predicted molar refractivity (Wildman–Crippen MR) is 118 cm³/mol. The molecule has 0 aliphatic carbocycles. The van der Waals surface area contributed by atoms with Crippen LogP contribution >= 0.6 is 11.3 Å². The number of rotatable bonds is 5. The van der Waals surface area contributed by atoms with Crippen LogP contribution in [-0.2, 0) is 11.3 Å². The summed E-state index contributed by atoms with van der Waals surface area (Å²) in [7, 11) is 0. The minimum atomic E-state index is -0.578. The lowest BCUT2D eigenvalue weighted by Gasteiger charge is -2.08. The van der Waals surface area contributed by atoms with Gasteiger partial charge in [0, 0.05) is 17.3 Å². The zero-order valence-corrected chi connectivity index (χ0v) is 18.0. The molecule has 33 heavy (non-hydrogen) atoms. The third kappa shape index (κ3) is 4.26. The molecule has 0 saturated heterocycles. The van der Waals surface area contributed by atoms with Gasteiger partial charge in [-0.3, -0.25) is 9.59 Å². The summed E-state index contributed by atoms with van der Waals surface area (Å²) in [6.45, 7) is 1.76. The number of carbonyl (C=O) groups excluding carboxylic acids is 2. The van der Waals surface area contributed by atoms with Crippen LogP contribution in [0, 0.1) is 6.92 Å². The monoisotopic (exact) mass is 464 g/mol. The van der Waals surface area contributed by atoms with E-state index in [2.05, 4.69) is 15.4 Å². The number of hydrogen-bond donors (Lipinski definition) is 1. The fourth-order valence-electron chi connectivity index (χ4n) is 3.18. The predicted octanol–water partition coefficient (Wildman–Crippen LogP) is 2.80. The molecule has 0 unspecified atom stereocenters. The van der Waals surface area contributed by atoms with Gasteiger partial charge in [0.05, 0.1) is 11.3 Å². The number of benzene rings is 2. The van der Waals surface area contributed by atoms with Crippen LogP contribution in [0.25, 0.3) is 4.96 Å². The zero-order chi connectivity index (χ0) is 22.9. The van der Waals surface area contributed by atoms with E-state index in [1.165, 1.54) is 34.1 Å². The highest BCUT2D eigenvalue weighted by atomic mass is 32.1. The molecule has 1 aliphatic heterocycles. The van der Waals surface area contributed by atoms with E-state index < -0.39 is 5.97 Å². The second kappa shape index (κ2) is 8.36. The molecule has 0 fully saturated rings. The van der Waals surface area contributed by atoms with Crippen LogP contribution in [-0.4, -0.2) is 33.3 Å². The molecule has 0 bridgehead atoms. The van der Waals surface area contributed by atoms with Crippen molar-refractivity contribution >= 4 is 33.9 Å². The van der Waals surface area contributed by atoms with Crippen molar-refractivity contribution in [3.8, 4) is 11.5 Å². The molecule has 1 N–H and O–H groups in total. The Labute approximate surface area is 190 Å². The van der Waals surface area contributed by atoms with E-state index in [1.807, 2.05) is 0 Å². The Morgan fingerprint density at radius 3 is 2.67 bits per heavy atom. The third-order valence-electron chi connectivity index (χ3n) is 4.76. The number of carbonyl (C=O) groups is 2. The number of nitrogens with zero attached hydrogens (tertiary/aromatic N) is 3. The fraction of sp³-hybridized carbons (Fsp3) is 0.136. The van der Waals surface area contributed by atoms with Crippen molar-refractivity contribution in [3.05, 3.63) is 80.7 Å². The van der Waals surface area contributed by atoms with E-state index in [0.717, 1.165) is 0 Å². The van der Waals surface area contributed by atoms with Crippen LogP contribution in [0.4, 0.5) is 5.69 Å². The fourth-order valence-corrected chi connectivity index (χ4v) is 3.95. The number of nitrogens with one attached hydrogen (secondary N) is 1. The van der Waals surface area contributed by atoms with Crippen molar-refractivity contribution in [3.63, 3.8) is 0 Å². The smallest absolute Gasteiger partial charge is 0.338 e. The minimum Gasteiger partial charge on any atom is -0.456 e. The van der Waals surface area contributed by atoms with Gasteiger partial charge in [-0.05, 0) is 49.4 Å². The van der Waals surface area contributed by atoms with Crippen LogP contribution in [0.15, 0.2) is 53.3 Å². The molecule has 1 amide bonds. The first-order valence-electron chi connectivity index (χ1n) is 9.81. The highest BCUT2D eigenvalue weighted by molar-refractivity contribution is 7.16. The number of fused-ring (bicyclic) bond motifs is 2. The Bertz CT molecular complexity index is 1440. The average molecular weight is 464 g/mol. The molecule has 0 saturated carbocycles. The Kier molecular flexibility index (Phi) is 5.23. The number of ether oxygens (including phenoxy) is 3. The SMILES string of the molecule is Cc1nn2c(=O)cc(COC(=O)c3ccc(NC(=O)c4ccc5c(c4)OCO5)cc3)nc2s1. The Hall–Kier alpha value is -4.25. The normalized spacial score (nSPS) is 12.0. The van der Waals surface area contributed by atoms with Crippen LogP contribution in [0.2, 0.25) is 0 Å². The van der Waals surface area contributed by atoms with E-state index in [-0.39, 0.29) is 24.9 Å². The summed E-state index contributed by atoms with van der Waals surface area (Å²) < 4.78 is 17.0. The first-order chi connectivity index (χ1) is 16.0. The van der Waals surface area contributed by atoms with Crippen molar-refractivity contribution in [1.29, 1.82) is 0 Å². The quantitative estimate of drug-likeness (QED) is 0.448. The van der Waals surface area contributed by atoms with Gasteiger partial charge in [-0.25, -0.2) is 9.78 Å². The lowest BCUT2D eigenvalue weighted by Crippen LogP contribution is -2.16. The highest BCUT2D eigenvalue weighted by Gasteiger charge is 2.17.